The molecule has 2 nitrogen and oxygen atoms in total. The van der Waals surface area contributed by atoms with Gasteiger partial charge in [-0.15, -0.1) is 0 Å². The number of hydrogen-bond acceptors (Lipinski definition) is 1. The van der Waals surface area contributed by atoms with Gasteiger partial charge in [-0.2, -0.15) is 0 Å². The van der Waals surface area contributed by atoms with E-state index in [4.69, 9.17) is 27.9 Å². The summed E-state index contributed by atoms with van der Waals surface area (Å²) in [4.78, 5) is 0. The molecule has 0 aliphatic heterocycles. The minimum absolute atomic E-state index is 0.254. The van der Waals surface area contributed by atoms with Gasteiger partial charge in [0, 0.05) is 23.2 Å². The predicted octanol–water partition coefficient (Wildman–Crippen LogP) is 4.37. The van der Waals surface area contributed by atoms with Crippen LogP contribution >= 0.6 is 23.2 Å². The minimum atomic E-state index is 0.254. The molecule has 0 N–H and O–H groups in total. The van der Waals surface area contributed by atoms with Crippen LogP contribution in [0.3, 0.4) is 0 Å². The van der Waals surface area contributed by atoms with Crippen molar-refractivity contribution in [2.75, 3.05) is 6.61 Å². The highest BCUT2D eigenvalue weighted by molar-refractivity contribution is 6.38. The van der Waals surface area contributed by atoms with Crippen molar-refractivity contribution in [3.8, 4) is 0 Å². The minimum Gasteiger partial charge on any atom is -0.377 e. The molecule has 2 rings (SSSR count). The number of ether oxygens (including phenoxy) is 1. The maximum absolute atomic E-state index is 6.13. The molecule has 1 aromatic heterocycles. The Balaban J connectivity index is 2.23. The molecule has 0 fully saturated rings. The van der Waals surface area contributed by atoms with Crippen LogP contribution in [-0.2, 0) is 11.3 Å². The van der Waals surface area contributed by atoms with Crippen molar-refractivity contribution in [3.63, 3.8) is 0 Å². The van der Waals surface area contributed by atoms with Crippen molar-refractivity contribution >= 4 is 34.1 Å². The van der Waals surface area contributed by atoms with E-state index >= 15 is 0 Å². The second-order valence-corrected chi connectivity index (χ2v) is 5.09. The fourth-order valence-corrected chi connectivity index (χ4v) is 2.35. The van der Waals surface area contributed by atoms with Crippen molar-refractivity contribution in [2.45, 2.75) is 26.5 Å². The van der Waals surface area contributed by atoms with E-state index in [1.165, 1.54) is 0 Å². The molecule has 92 valence electrons. The van der Waals surface area contributed by atoms with Gasteiger partial charge in [-0.1, -0.05) is 23.2 Å². The summed E-state index contributed by atoms with van der Waals surface area (Å²) < 4.78 is 7.64. The van der Waals surface area contributed by atoms with Crippen LogP contribution in [-0.4, -0.2) is 17.3 Å². The molecule has 0 radical (unpaired) electrons. The highest BCUT2D eigenvalue weighted by Crippen LogP contribution is 2.28. The Morgan fingerprint density at radius 1 is 1.29 bits per heavy atom. The number of nitrogens with zero attached hydrogens (tertiary/aromatic N) is 1. The van der Waals surface area contributed by atoms with E-state index in [1.54, 1.807) is 6.07 Å². The summed E-state index contributed by atoms with van der Waals surface area (Å²) >= 11 is 12.1. The third-order valence-electron chi connectivity index (χ3n) is 2.59. The molecule has 0 aliphatic rings. The number of fused-ring (bicyclic) bond motifs is 1. The summed E-state index contributed by atoms with van der Waals surface area (Å²) in [6.07, 6.45) is 2.26. The summed E-state index contributed by atoms with van der Waals surface area (Å²) in [5.41, 5.74) is 1.05. The van der Waals surface area contributed by atoms with Gasteiger partial charge in [0.25, 0.3) is 0 Å². The Hall–Kier alpha value is -0.700. The summed E-state index contributed by atoms with van der Waals surface area (Å²) in [7, 11) is 0. The lowest BCUT2D eigenvalue weighted by atomic mass is 10.2. The largest absolute Gasteiger partial charge is 0.377 e. The van der Waals surface area contributed by atoms with E-state index in [0.717, 1.165) is 17.4 Å². The van der Waals surface area contributed by atoms with Crippen molar-refractivity contribution in [1.82, 2.24) is 4.57 Å². The standard InChI is InChI=1S/C13H15Cl2NO/c1-9(2)17-6-5-16-4-3-11-12(15)7-10(14)8-13(11)16/h3-4,7-9H,5-6H2,1-2H3. The molecule has 0 bridgehead atoms. The Bertz CT molecular complexity index is 519. The summed E-state index contributed by atoms with van der Waals surface area (Å²) in [5.74, 6) is 0. The molecule has 1 heterocycles. The second-order valence-electron chi connectivity index (χ2n) is 4.25. The molecule has 0 spiro atoms. The van der Waals surface area contributed by atoms with E-state index in [1.807, 2.05) is 32.2 Å². The summed E-state index contributed by atoms with van der Waals surface area (Å²) in [5, 5.41) is 2.38. The zero-order valence-corrected chi connectivity index (χ0v) is 11.4. The number of hydrogen-bond donors (Lipinski definition) is 0. The van der Waals surface area contributed by atoms with Crippen LogP contribution in [0.5, 0.6) is 0 Å². The van der Waals surface area contributed by atoms with Gasteiger partial charge in [0.15, 0.2) is 0 Å². The van der Waals surface area contributed by atoms with Crippen LogP contribution in [0.2, 0.25) is 10.0 Å². The summed E-state index contributed by atoms with van der Waals surface area (Å²) in [6, 6.07) is 5.70. The van der Waals surface area contributed by atoms with Crippen LogP contribution in [0.1, 0.15) is 13.8 Å². The van der Waals surface area contributed by atoms with E-state index < -0.39 is 0 Å². The molecule has 0 saturated heterocycles. The van der Waals surface area contributed by atoms with Gasteiger partial charge >= 0.3 is 0 Å². The molecule has 0 saturated carbocycles. The molecular weight excluding hydrogens is 257 g/mol. The van der Waals surface area contributed by atoms with E-state index in [9.17, 15) is 0 Å². The van der Waals surface area contributed by atoms with Crippen LogP contribution < -0.4 is 0 Å². The van der Waals surface area contributed by atoms with Crippen LogP contribution in [0.25, 0.3) is 10.9 Å². The number of halogens is 2. The lowest BCUT2D eigenvalue weighted by molar-refractivity contribution is 0.0733. The third kappa shape index (κ3) is 2.95. The number of benzene rings is 1. The van der Waals surface area contributed by atoms with Crippen molar-refractivity contribution in [1.29, 1.82) is 0 Å². The Morgan fingerprint density at radius 3 is 2.76 bits per heavy atom. The average Bonchev–Trinajstić information content (AvgIpc) is 2.61. The van der Waals surface area contributed by atoms with E-state index in [0.29, 0.717) is 16.7 Å². The van der Waals surface area contributed by atoms with Crippen molar-refractivity contribution in [2.24, 2.45) is 0 Å². The fraction of sp³-hybridized carbons (Fsp3) is 0.385. The maximum atomic E-state index is 6.13. The highest BCUT2D eigenvalue weighted by atomic mass is 35.5. The molecule has 4 heteroatoms. The first-order chi connectivity index (χ1) is 8.08. The predicted molar refractivity (Wildman–Crippen MR) is 73.0 cm³/mol. The quantitative estimate of drug-likeness (QED) is 0.806. The first-order valence-electron chi connectivity index (χ1n) is 5.63. The lowest BCUT2D eigenvalue weighted by Gasteiger charge is -2.09. The smallest absolute Gasteiger partial charge is 0.0649 e. The van der Waals surface area contributed by atoms with Gasteiger partial charge in [0.05, 0.1) is 23.3 Å². The van der Waals surface area contributed by atoms with Crippen LogP contribution in [0.15, 0.2) is 24.4 Å². The maximum Gasteiger partial charge on any atom is 0.0649 e. The average molecular weight is 272 g/mol. The molecule has 1 aromatic carbocycles. The van der Waals surface area contributed by atoms with Gasteiger partial charge in [0.1, 0.15) is 0 Å². The van der Waals surface area contributed by atoms with Crippen LogP contribution in [0.4, 0.5) is 0 Å². The third-order valence-corrected chi connectivity index (χ3v) is 3.12. The van der Waals surface area contributed by atoms with Gasteiger partial charge < -0.3 is 9.30 Å². The zero-order valence-electron chi connectivity index (χ0n) is 9.91. The van der Waals surface area contributed by atoms with E-state index in [-0.39, 0.29) is 6.10 Å². The SMILES string of the molecule is CC(C)OCCn1ccc2c(Cl)cc(Cl)cc21. The monoisotopic (exact) mass is 271 g/mol. The molecule has 2 aromatic rings. The molecule has 0 aliphatic carbocycles. The Morgan fingerprint density at radius 2 is 2.06 bits per heavy atom. The van der Waals surface area contributed by atoms with Crippen molar-refractivity contribution in [3.05, 3.63) is 34.4 Å². The molecule has 17 heavy (non-hydrogen) atoms. The Kier molecular flexibility index (Phi) is 3.97. The van der Waals surface area contributed by atoms with Gasteiger partial charge in [-0.3, -0.25) is 0 Å². The van der Waals surface area contributed by atoms with Crippen LogP contribution in [0, 0.1) is 0 Å². The molecule has 0 amide bonds. The fourth-order valence-electron chi connectivity index (χ4n) is 1.80. The van der Waals surface area contributed by atoms with Crippen molar-refractivity contribution < 1.29 is 4.74 Å². The molecule has 0 atom stereocenters. The van der Waals surface area contributed by atoms with E-state index in [2.05, 4.69) is 4.57 Å². The first-order valence-corrected chi connectivity index (χ1v) is 6.39. The van der Waals surface area contributed by atoms with Gasteiger partial charge in [-0.05, 0) is 32.0 Å². The van der Waals surface area contributed by atoms with Gasteiger partial charge in [0.2, 0.25) is 0 Å². The second kappa shape index (κ2) is 5.30. The normalized spacial score (nSPS) is 11.6. The number of aromatic nitrogens is 1. The zero-order chi connectivity index (χ0) is 12.4. The highest BCUT2D eigenvalue weighted by Gasteiger charge is 2.06. The summed E-state index contributed by atoms with van der Waals surface area (Å²) in [6.45, 7) is 5.55. The topological polar surface area (TPSA) is 14.2 Å². The van der Waals surface area contributed by atoms with Gasteiger partial charge in [-0.25, -0.2) is 0 Å². The first kappa shape index (κ1) is 12.7. The lowest BCUT2D eigenvalue weighted by Crippen LogP contribution is -2.09. The molecule has 0 unspecified atom stereocenters. The molecular formula is C13H15Cl2NO. The number of rotatable bonds is 4. The Labute approximate surface area is 111 Å².